The first-order valence-electron chi connectivity index (χ1n) is 7.80. The SMILES string of the molecule is O=C(c1cc(F)c(F)c(O)c1F)N1CCC2(CCNCC2)CC1. The number of nitrogens with one attached hydrogen (secondary N) is 1. The number of aromatic hydroxyl groups is 1. The van der Waals surface area contributed by atoms with Crippen molar-refractivity contribution in [3.63, 3.8) is 0 Å². The molecular weight excluding hydrogens is 309 g/mol. The zero-order valence-electron chi connectivity index (χ0n) is 12.7. The van der Waals surface area contributed by atoms with E-state index in [0.29, 0.717) is 19.2 Å². The van der Waals surface area contributed by atoms with Gasteiger partial charge in [-0.25, -0.2) is 8.78 Å². The third kappa shape index (κ3) is 2.89. The Morgan fingerprint density at radius 3 is 2.30 bits per heavy atom. The number of nitrogens with zero attached hydrogens (tertiary/aromatic N) is 1. The smallest absolute Gasteiger partial charge is 0.257 e. The number of carbonyl (C=O) groups is 1. The molecule has 0 aromatic heterocycles. The summed E-state index contributed by atoms with van der Waals surface area (Å²) >= 11 is 0. The number of hydrogen-bond donors (Lipinski definition) is 2. The van der Waals surface area contributed by atoms with Crippen molar-refractivity contribution in [1.82, 2.24) is 10.2 Å². The van der Waals surface area contributed by atoms with Crippen molar-refractivity contribution in [3.05, 3.63) is 29.1 Å². The molecule has 0 atom stereocenters. The Hall–Kier alpha value is -1.76. The van der Waals surface area contributed by atoms with Gasteiger partial charge in [0.2, 0.25) is 5.82 Å². The average Bonchev–Trinajstić information content (AvgIpc) is 2.57. The van der Waals surface area contributed by atoms with Gasteiger partial charge in [0.1, 0.15) is 0 Å². The normalized spacial score (nSPS) is 20.7. The van der Waals surface area contributed by atoms with Crippen molar-refractivity contribution >= 4 is 5.91 Å². The standard InChI is InChI=1S/C16H19F3N2O2/c17-11-9-10(12(18)14(22)13(11)19)15(23)21-7-3-16(4-8-21)1-5-20-6-2-16/h9,20,22H,1-8H2. The van der Waals surface area contributed by atoms with Crippen LogP contribution in [0.4, 0.5) is 13.2 Å². The molecule has 2 heterocycles. The highest BCUT2D eigenvalue weighted by Gasteiger charge is 2.37. The Kier molecular flexibility index (Phi) is 4.23. The molecule has 3 rings (SSSR count). The van der Waals surface area contributed by atoms with Crippen LogP contribution in [0.25, 0.3) is 0 Å². The van der Waals surface area contributed by atoms with Gasteiger partial charge in [-0.15, -0.1) is 0 Å². The summed E-state index contributed by atoms with van der Waals surface area (Å²) in [6, 6.07) is 0.515. The number of carbonyl (C=O) groups excluding carboxylic acids is 1. The van der Waals surface area contributed by atoms with Crippen LogP contribution in [0.15, 0.2) is 6.07 Å². The molecule has 23 heavy (non-hydrogen) atoms. The second-order valence-electron chi connectivity index (χ2n) is 6.42. The molecule has 0 saturated carbocycles. The van der Waals surface area contributed by atoms with Gasteiger partial charge < -0.3 is 15.3 Å². The Bertz CT molecular complexity index is 620. The molecule has 1 aromatic rings. The van der Waals surface area contributed by atoms with Crippen molar-refractivity contribution in [3.8, 4) is 5.75 Å². The van der Waals surface area contributed by atoms with Crippen LogP contribution < -0.4 is 5.32 Å². The fraction of sp³-hybridized carbons (Fsp3) is 0.562. The van der Waals surface area contributed by atoms with E-state index in [1.54, 1.807) is 0 Å². The van der Waals surface area contributed by atoms with Crippen molar-refractivity contribution in [2.75, 3.05) is 26.2 Å². The molecule has 0 bridgehead atoms. The summed E-state index contributed by atoms with van der Waals surface area (Å²) in [4.78, 5) is 13.8. The minimum atomic E-state index is -1.67. The van der Waals surface area contributed by atoms with Gasteiger partial charge >= 0.3 is 0 Å². The van der Waals surface area contributed by atoms with Gasteiger partial charge in [0.15, 0.2) is 17.4 Å². The van der Waals surface area contributed by atoms with Gasteiger partial charge in [0.05, 0.1) is 5.56 Å². The van der Waals surface area contributed by atoms with E-state index < -0.39 is 34.7 Å². The van der Waals surface area contributed by atoms with Gasteiger partial charge in [-0.2, -0.15) is 4.39 Å². The Labute approximate surface area is 132 Å². The largest absolute Gasteiger partial charge is 0.503 e. The van der Waals surface area contributed by atoms with Crippen LogP contribution in [0, 0.1) is 22.9 Å². The third-order valence-corrected chi connectivity index (χ3v) is 5.14. The number of hydrogen-bond acceptors (Lipinski definition) is 3. The van der Waals surface area contributed by atoms with Gasteiger partial charge in [-0.1, -0.05) is 0 Å². The summed E-state index contributed by atoms with van der Waals surface area (Å²) in [6.45, 7) is 2.83. The molecule has 7 heteroatoms. The zero-order chi connectivity index (χ0) is 16.6. The Morgan fingerprint density at radius 2 is 1.70 bits per heavy atom. The minimum Gasteiger partial charge on any atom is -0.503 e. The molecule has 0 unspecified atom stereocenters. The van der Waals surface area contributed by atoms with Gasteiger partial charge in [0.25, 0.3) is 5.91 Å². The zero-order valence-corrected chi connectivity index (χ0v) is 12.7. The molecule has 1 spiro atoms. The van der Waals surface area contributed by atoms with Crippen LogP contribution in [0.5, 0.6) is 5.75 Å². The maximum Gasteiger partial charge on any atom is 0.257 e. The number of phenols is 1. The first-order chi connectivity index (χ1) is 10.9. The van der Waals surface area contributed by atoms with Gasteiger partial charge in [-0.3, -0.25) is 4.79 Å². The molecule has 2 aliphatic heterocycles. The van der Waals surface area contributed by atoms with Crippen LogP contribution >= 0.6 is 0 Å². The molecule has 4 nitrogen and oxygen atoms in total. The lowest BCUT2D eigenvalue weighted by molar-refractivity contribution is 0.0490. The topological polar surface area (TPSA) is 52.6 Å². The lowest BCUT2D eigenvalue weighted by Crippen LogP contribution is -2.47. The van der Waals surface area contributed by atoms with Gasteiger partial charge in [-0.05, 0) is 50.3 Å². The Balaban J connectivity index is 1.75. The van der Waals surface area contributed by atoms with E-state index in [4.69, 9.17) is 0 Å². The summed E-state index contributed by atoms with van der Waals surface area (Å²) in [5.41, 5.74) is -0.404. The van der Waals surface area contributed by atoms with Crippen LogP contribution in [-0.4, -0.2) is 42.1 Å². The molecule has 126 valence electrons. The van der Waals surface area contributed by atoms with E-state index in [1.807, 2.05) is 0 Å². The van der Waals surface area contributed by atoms with E-state index in [9.17, 15) is 23.1 Å². The number of phenolic OH excluding ortho intramolecular Hbond substituents is 1. The van der Waals surface area contributed by atoms with E-state index >= 15 is 0 Å². The van der Waals surface area contributed by atoms with Crippen LogP contribution in [0.2, 0.25) is 0 Å². The third-order valence-electron chi connectivity index (χ3n) is 5.14. The van der Waals surface area contributed by atoms with Crippen molar-refractivity contribution in [2.24, 2.45) is 5.41 Å². The van der Waals surface area contributed by atoms with Crippen molar-refractivity contribution < 1.29 is 23.1 Å². The second-order valence-corrected chi connectivity index (χ2v) is 6.42. The summed E-state index contributed by atoms with van der Waals surface area (Å²) < 4.78 is 40.4. The molecule has 1 aromatic carbocycles. The number of likely N-dealkylation sites (tertiary alicyclic amines) is 1. The van der Waals surface area contributed by atoms with Crippen molar-refractivity contribution in [2.45, 2.75) is 25.7 Å². The number of piperidine rings is 2. The lowest BCUT2D eigenvalue weighted by atomic mass is 9.71. The van der Waals surface area contributed by atoms with Crippen LogP contribution in [-0.2, 0) is 0 Å². The first-order valence-corrected chi connectivity index (χ1v) is 7.80. The maximum absolute atomic E-state index is 13.9. The molecular formula is C16H19F3N2O2. The summed E-state index contributed by atoms with van der Waals surface area (Å²) in [5, 5.41) is 12.6. The van der Waals surface area contributed by atoms with Crippen LogP contribution in [0.1, 0.15) is 36.0 Å². The number of halogens is 3. The monoisotopic (exact) mass is 328 g/mol. The molecule has 2 fully saturated rings. The van der Waals surface area contributed by atoms with Crippen LogP contribution in [0.3, 0.4) is 0 Å². The Morgan fingerprint density at radius 1 is 1.09 bits per heavy atom. The van der Waals surface area contributed by atoms with E-state index in [0.717, 1.165) is 38.8 Å². The second kappa shape index (κ2) is 6.03. The molecule has 1 amide bonds. The molecule has 2 aliphatic rings. The van der Waals surface area contributed by atoms with E-state index in [2.05, 4.69) is 5.32 Å². The summed E-state index contributed by atoms with van der Waals surface area (Å²) in [7, 11) is 0. The van der Waals surface area contributed by atoms with Gasteiger partial charge in [0, 0.05) is 13.1 Å². The highest BCUT2D eigenvalue weighted by atomic mass is 19.2. The number of amides is 1. The number of benzene rings is 1. The molecule has 2 saturated heterocycles. The summed E-state index contributed by atoms with van der Waals surface area (Å²) in [5.74, 6) is -6.66. The quantitative estimate of drug-likeness (QED) is 0.779. The predicted octanol–water partition coefficient (Wildman–Crippen LogP) is 2.42. The fourth-order valence-corrected chi connectivity index (χ4v) is 3.56. The highest BCUT2D eigenvalue weighted by Crippen LogP contribution is 2.40. The lowest BCUT2D eigenvalue weighted by Gasteiger charge is -2.44. The minimum absolute atomic E-state index is 0.219. The molecule has 0 radical (unpaired) electrons. The predicted molar refractivity (Wildman–Crippen MR) is 77.7 cm³/mol. The van der Waals surface area contributed by atoms with E-state index in [-0.39, 0.29) is 5.41 Å². The fourth-order valence-electron chi connectivity index (χ4n) is 3.56. The highest BCUT2D eigenvalue weighted by molar-refractivity contribution is 5.95. The van der Waals surface area contributed by atoms with Crippen molar-refractivity contribution in [1.29, 1.82) is 0 Å². The molecule has 2 N–H and O–H groups in total. The maximum atomic E-state index is 13.9. The van der Waals surface area contributed by atoms with E-state index in [1.165, 1.54) is 4.90 Å². The number of rotatable bonds is 1. The first kappa shape index (κ1) is 16.1. The summed E-state index contributed by atoms with van der Waals surface area (Å²) in [6.07, 6.45) is 3.74. The average molecular weight is 328 g/mol. The molecule has 0 aliphatic carbocycles.